The molecule has 1 fully saturated rings. The lowest BCUT2D eigenvalue weighted by molar-refractivity contribution is -0.115. The third-order valence-electron chi connectivity index (χ3n) is 5.66. The largest absolute Gasteiger partial charge is 0.362 e. The number of sulfonamides is 1. The van der Waals surface area contributed by atoms with Crippen LogP contribution >= 0.6 is 0 Å². The van der Waals surface area contributed by atoms with Gasteiger partial charge in [0.05, 0.1) is 41.7 Å². The van der Waals surface area contributed by atoms with E-state index in [9.17, 15) is 21.6 Å². The molecule has 4 rings (SSSR count). The zero-order valence-corrected chi connectivity index (χ0v) is 19.7. The van der Waals surface area contributed by atoms with Crippen LogP contribution < -0.4 is 14.9 Å². The summed E-state index contributed by atoms with van der Waals surface area (Å²) in [5.74, 6) is 0.381. The highest BCUT2D eigenvalue weighted by Gasteiger charge is 2.31. The number of sulfone groups is 1. The summed E-state index contributed by atoms with van der Waals surface area (Å²) in [4.78, 5) is 14.8. The van der Waals surface area contributed by atoms with Gasteiger partial charge in [-0.15, -0.1) is 0 Å². The van der Waals surface area contributed by atoms with Gasteiger partial charge >= 0.3 is 0 Å². The molecule has 1 aromatic carbocycles. The molecule has 0 aliphatic carbocycles. The fourth-order valence-electron chi connectivity index (χ4n) is 4.37. The number of amides is 1. The van der Waals surface area contributed by atoms with Gasteiger partial charge in [0, 0.05) is 18.3 Å². The Morgan fingerprint density at radius 1 is 1.31 bits per heavy atom. The van der Waals surface area contributed by atoms with Crippen molar-refractivity contribution < 1.29 is 21.6 Å². The Balaban J connectivity index is 1.51. The molecule has 2 N–H and O–H groups in total. The lowest BCUT2D eigenvalue weighted by atomic mass is 10.00. The summed E-state index contributed by atoms with van der Waals surface area (Å²) in [6.07, 6.45) is 3.09. The fraction of sp³-hybridized carbons (Fsp3) is 0.500. The molecule has 2 aliphatic heterocycles. The van der Waals surface area contributed by atoms with Crippen LogP contribution in [0.1, 0.15) is 30.1 Å². The van der Waals surface area contributed by atoms with E-state index in [1.807, 2.05) is 11.0 Å². The minimum Gasteiger partial charge on any atom is -0.362 e. The first kappa shape index (κ1) is 22.6. The maximum atomic E-state index is 12.9. The van der Waals surface area contributed by atoms with E-state index in [0.717, 1.165) is 23.9 Å². The summed E-state index contributed by atoms with van der Waals surface area (Å²) in [6, 6.07) is 6.82. The molecule has 1 aromatic heterocycles. The van der Waals surface area contributed by atoms with Gasteiger partial charge in [-0.2, -0.15) is 5.10 Å². The van der Waals surface area contributed by atoms with E-state index in [0.29, 0.717) is 36.6 Å². The Hall–Kier alpha value is -2.60. The number of carbonyl (C=O) groups excluding carboxylic acids is 1. The first-order valence-electron chi connectivity index (χ1n) is 10.4. The van der Waals surface area contributed by atoms with E-state index in [2.05, 4.69) is 15.1 Å². The highest BCUT2D eigenvalue weighted by atomic mass is 32.2. The molecule has 0 saturated carbocycles. The number of aryl methyl sites for hydroxylation is 1. The zero-order valence-electron chi connectivity index (χ0n) is 18.0. The Kier molecular flexibility index (Phi) is 5.93. The number of fused-ring (bicyclic) bond motifs is 1. The normalized spacial score (nSPS) is 20.1. The molecule has 12 heteroatoms. The van der Waals surface area contributed by atoms with E-state index in [1.165, 1.54) is 0 Å². The number of hydrogen-bond acceptors (Lipinski definition) is 7. The molecule has 2 aromatic rings. The van der Waals surface area contributed by atoms with Gasteiger partial charge in [-0.1, -0.05) is 6.07 Å². The summed E-state index contributed by atoms with van der Waals surface area (Å²) in [5.41, 5.74) is 2.93. The van der Waals surface area contributed by atoms with Gasteiger partial charge in [-0.05, 0) is 43.9 Å². The maximum Gasteiger partial charge on any atom is 0.245 e. The van der Waals surface area contributed by atoms with Crippen LogP contribution in [-0.2, 0) is 31.1 Å². The van der Waals surface area contributed by atoms with Crippen molar-refractivity contribution in [2.45, 2.75) is 32.2 Å². The van der Waals surface area contributed by atoms with Crippen LogP contribution in [-0.4, -0.2) is 63.4 Å². The van der Waals surface area contributed by atoms with E-state index in [4.69, 9.17) is 0 Å². The summed E-state index contributed by atoms with van der Waals surface area (Å²) in [7, 11) is -6.49. The Bertz CT molecular complexity index is 1250. The number of benzene rings is 1. The number of aromatic nitrogens is 2. The lowest BCUT2D eigenvalue weighted by Crippen LogP contribution is -2.37. The van der Waals surface area contributed by atoms with Crippen molar-refractivity contribution in [2.24, 2.45) is 0 Å². The van der Waals surface area contributed by atoms with E-state index in [-0.39, 0.29) is 30.0 Å². The van der Waals surface area contributed by atoms with Crippen LogP contribution in [0.5, 0.6) is 0 Å². The molecule has 3 heterocycles. The molecule has 1 saturated heterocycles. The molecule has 174 valence electrons. The van der Waals surface area contributed by atoms with E-state index < -0.39 is 19.9 Å². The van der Waals surface area contributed by atoms with Crippen LogP contribution in [0.15, 0.2) is 24.3 Å². The second-order valence-corrected chi connectivity index (χ2v) is 12.4. The summed E-state index contributed by atoms with van der Waals surface area (Å²) in [6.45, 7) is 2.55. The summed E-state index contributed by atoms with van der Waals surface area (Å²) in [5, 5.41) is 7.28. The molecule has 32 heavy (non-hydrogen) atoms. The highest BCUT2D eigenvalue weighted by Crippen LogP contribution is 2.33. The quantitative estimate of drug-likeness (QED) is 0.636. The summed E-state index contributed by atoms with van der Waals surface area (Å²) < 4.78 is 51.3. The van der Waals surface area contributed by atoms with Gasteiger partial charge in [-0.25, -0.2) is 21.5 Å². The van der Waals surface area contributed by atoms with E-state index in [1.54, 1.807) is 29.8 Å². The Morgan fingerprint density at radius 3 is 2.78 bits per heavy atom. The molecule has 0 radical (unpaired) electrons. The van der Waals surface area contributed by atoms with Crippen LogP contribution in [0, 0.1) is 6.92 Å². The van der Waals surface area contributed by atoms with Crippen molar-refractivity contribution in [3.63, 3.8) is 0 Å². The smallest absolute Gasteiger partial charge is 0.245 e. The van der Waals surface area contributed by atoms with Crippen LogP contribution in [0.4, 0.5) is 17.2 Å². The molecule has 0 bridgehead atoms. The number of rotatable bonds is 6. The molecular weight excluding hydrogens is 454 g/mol. The standard InChI is InChI=1S/C20H27N5O5S2/c1-14-11-19(25(22-14)15-8-10-32(29,30)13-15)21-20(26)12-24-9-4-5-16-17(23-31(2,27)28)6-3-7-18(16)24/h3,6-7,11,15,23H,4-5,8-10,12-13H2,1-2H3,(H,21,26). The first-order valence-corrected chi connectivity index (χ1v) is 14.1. The molecule has 1 unspecified atom stereocenters. The van der Waals surface area contributed by atoms with Crippen molar-refractivity contribution in [1.29, 1.82) is 0 Å². The predicted molar refractivity (Wildman–Crippen MR) is 123 cm³/mol. The van der Waals surface area contributed by atoms with Crippen molar-refractivity contribution in [3.8, 4) is 0 Å². The van der Waals surface area contributed by atoms with Crippen LogP contribution in [0.25, 0.3) is 0 Å². The number of anilines is 3. The minimum absolute atomic E-state index is 0.0204. The third-order valence-corrected chi connectivity index (χ3v) is 8.00. The van der Waals surface area contributed by atoms with Gasteiger partial charge < -0.3 is 10.2 Å². The van der Waals surface area contributed by atoms with Crippen molar-refractivity contribution in [3.05, 3.63) is 35.5 Å². The Morgan fingerprint density at radius 2 is 2.09 bits per heavy atom. The SMILES string of the molecule is Cc1cc(NC(=O)CN2CCCc3c(NS(C)(=O)=O)cccc32)n(C2CCS(=O)(=O)C2)n1. The monoisotopic (exact) mass is 481 g/mol. The molecule has 10 nitrogen and oxygen atoms in total. The van der Waals surface area contributed by atoms with Crippen LogP contribution in [0.3, 0.4) is 0 Å². The first-order chi connectivity index (χ1) is 15.0. The average molecular weight is 482 g/mol. The molecule has 2 aliphatic rings. The second kappa shape index (κ2) is 8.39. The molecule has 1 amide bonds. The van der Waals surface area contributed by atoms with Gasteiger partial charge in [0.2, 0.25) is 15.9 Å². The van der Waals surface area contributed by atoms with E-state index >= 15 is 0 Å². The number of nitrogens with zero attached hydrogens (tertiary/aromatic N) is 3. The zero-order chi connectivity index (χ0) is 23.1. The van der Waals surface area contributed by atoms with Gasteiger partial charge in [0.25, 0.3) is 0 Å². The highest BCUT2D eigenvalue weighted by molar-refractivity contribution is 7.92. The van der Waals surface area contributed by atoms with Crippen molar-refractivity contribution >= 4 is 43.0 Å². The number of carbonyl (C=O) groups is 1. The van der Waals surface area contributed by atoms with Crippen LogP contribution in [0.2, 0.25) is 0 Å². The third kappa shape index (κ3) is 5.07. The second-order valence-electron chi connectivity index (χ2n) is 8.42. The van der Waals surface area contributed by atoms with Crippen molar-refractivity contribution in [2.75, 3.05) is 45.8 Å². The average Bonchev–Trinajstić information content (AvgIpc) is 3.22. The molecule has 0 spiro atoms. The van der Waals surface area contributed by atoms with Gasteiger partial charge in [-0.3, -0.25) is 9.52 Å². The fourth-order valence-corrected chi connectivity index (χ4v) is 6.66. The minimum atomic E-state index is -3.41. The number of hydrogen-bond donors (Lipinski definition) is 2. The Labute approximate surface area is 188 Å². The van der Waals surface area contributed by atoms with Crippen molar-refractivity contribution in [1.82, 2.24) is 9.78 Å². The molecular formula is C20H27N5O5S2. The van der Waals surface area contributed by atoms with Gasteiger partial charge in [0.15, 0.2) is 9.84 Å². The molecule has 1 atom stereocenters. The number of nitrogens with one attached hydrogen (secondary N) is 2. The predicted octanol–water partition coefficient (Wildman–Crippen LogP) is 1.31. The van der Waals surface area contributed by atoms with Gasteiger partial charge in [0.1, 0.15) is 5.82 Å². The maximum absolute atomic E-state index is 12.9. The lowest BCUT2D eigenvalue weighted by Gasteiger charge is -2.32. The topological polar surface area (TPSA) is 130 Å². The summed E-state index contributed by atoms with van der Waals surface area (Å²) >= 11 is 0.